The molecule has 0 radical (unpaired) electrons. The summed E-state index contributed by atoms with van der Waals surface area (Å²) in [6, 6.07) is 14.7. The summed E-state index contributed by atoms with van der Waals surface area (Å²) in [6.45, 7) is 1.85. The summed E-state index contributed by atoms with van der Waals surface area (Å²) in [6.07, 6.45) is -1.02. The monoisotopic (exact) mass is 599 g/mol. The van der Waals surface area contributed by atoms with E-state index in [0.29, 0.717) is 47.1 Å². The Labute approximate surface area is 242 Å². The van der Waals surface area contributed by atoms with Crippen LogP contribution in [0, 0.1) is 0 Å². The molecule has 0 aliphatic carbocycles. The van der Waals surface area contributed by atoms with Crippen molar-refractivity contribution in [1.82, 2.24) is 24.8 Å². The molecule has 4 heterocycles. The highest BCUT2D eigenvalue weighted by Crippen LogP contribution is 2.35. The average Bonchev–Trinajstić information content (AvgIpc) is 3.24. The summed E-state index contributed by atoms with van der Waals surface area (Å²) in [5.74, 6) is -0.396. The standard InChI is InChI=1S/C29H22Cl2F3N5O2/c30-20-2-1-18-11-21(36-14-19(18)10-20)15-38-8-6-25-24(16-38)23-4-3-22(41-29(32,33)34)12-26(23)39(25)28(40)37-13-17-5-7-35-27(31)9-17/h1-5,7,9-12,14H,6,8,13,15-16H2,(H,37,40). The van der Waals surface area contributed by atoms with Crippen LogP contribution in [-0.2, 0) is 26.1 Å². The minimum Gasteiger partial charge on any atom is -0.406 e. The zero-order valence-electron chi connectivity index (χ0n) is 21.4. The first-order valence-corrected chi connectivity index (χ1v) is 13.5. The second kappa shape index (κ2) is 10.8. The van der Waals surface area contributed by atoms with Crippen LogP contribution in [0.2, 0.25) is 10.2 Å². The maximum Gasteiger partial charge on any atom is 0.573 e. The van der Waals surface area contributed by atoms with Crippen molar-refractivity contribution < 1.29 is 22.7 Å². The van der Waals surface area contributed by atoms with E-state index in [4.69, 9.17) is 23.2 Å². The summed E-state index contributed by atoms with van der Waals surface area (Å²) >= 11 is 12.1. The lowest BCUT2D eigenvalue weighted by Gasteiger charge is -2.27. The molecule has 1 amide bonds. The van der Waals surface area contributed by atoms with Gasteiger partial charge < -0.3 is 10.1 Å². The number of halogens is 5. The fraction of sp³-hybridized carbons (Fsp3) is 0.207. The second-order valence-corrected chi connectivity index (χ2v) is 10.6. The van der Waals surface area contributed by atoms with Crippen molar-refractivity contribution in [2.45, 2.75) is 32.4 Å². The van der Waals surface area contributed by atoms with Crippen molar-refractivity contribution in [3.8, 4) is 5.75 Å². The highest BCUT2D eigenvalue weighted by Gasteiger charge is 2.32. The number of ether oxygens (including phenoxy) is 1. The van der Waals surface area contributed by atoms with E-state index in [9.17, 15) is 18.0 Å². The number of carbonyl (C=O) groups is 1. The third-order valence-electron chi connectivity index (χ3n) is 7.00. The van der Waals surface area contributed by atoms with Crippen molar-refractivity contribution in [2.75, 3.05) is 6.54 Å². The number of nitrogens with one attached hydrogen (secondary N) is 1. The van der Waals surface area contributed by atoms with Crippen LogP contribution in [0.1, 0.15) is 22.5 Å². The number of nitrogens with zero attached hydrogens (tertiary/aromatic N) is 4. The van der Waals surface area contributed by atoms with Crippen LogP contribution in [0.3, 0.4) is 0 Å². The number of aromatic nitrogens is 3. The van der Waals surface area contributed by atoms with Gasteiger partial charge in [-0.25, -0.2) is 9.78 Å². The van der Waals surface area contributed by atoms with Gasteiger partial charge >= 0.3 is 12.4 Å². The van der Waals surface area contributed by atoms with E-state index in [1.807, 2.05) is 24.3 Å². The average molecular weight is 600 g/mol. The van der Waals surface area contributed by atoms with E-state index in [1.54, 1.807) is 24.4 Å². The van der Waals surface area contributed by atoms with Gasteiger partial charge in [0.05, 0.1) is 11.2 Å². The zero-order chi connectivity index (χ0) is 28.7. The largest absolute Gasteiger partial charge is 0.573 e. The van der Waals surface area contributed by atoms with Crippen LogP contribution < -0.4 is 10.1 Å². The Morgan fingerprint density at radius 2 is 1.88 bits per heavy atom. The van der Waals surface area contributed by atoms with Gasteiger partial charge in [-0.2, -0.15) is 0 Å². The van der Waals surface area contributed by atoms with E-state index in [-0.39, 0.29) is 6.54 Å². The third-order valence-corrected chi connectivity index (χ3v) is 7.44. The van der Waals surface area contributed by atoms with Crippen LogP contribution >= 0.6 is 23.2 Å². The second-order valence-electron chi connectivity index (χ2n) is 9.76. The van der Waals surface area contributed by atoms with Crippen molar-refractivity contribution in [1.29, 1.82) is 0 Å². The van der Waals surface area contributed by atoms with E-state index >= 15 is 0 Å². The Hall–Kier alpha value is -3.86. The number of hydrogen-bond acceptors (Lipinski definition) is 5. The molecule has 1 N–H and O–H groups in total. The van der Waals surface area contributed by atoms with Gasteiger partial charge in [-0.05, 0) is 59.0 Å². The van der Waals surface area contributed by atoms with E-state index in [0.717, 1.165) is 33.3 Å². The highest BCUT2D eigenvalue weighted by molar-refractivity contribution is 6.31. The van der Waals surface area contributed by atoms with Crippen molar-refractivity contribution in [3.63, 3.8) is 0 Å². The van der Waals surface area contributed by atoms with E-state index < -0.39 is 18.1 Å². The van der Waals surface area contributed by atoms with Gasteiger partial charge in [0.2, 0.25) is 0 Å². The van der Waals surface area contributed by atoms with Gasteiger partial charge in [0.25, 0.3) is 0 Å². The Morgan fingerprint density at radius 1 is 1.02 bits per heavy atom. The van der Waals surface area contributed by atoms with Gasteiger partial charge in [-0.15, -0.1) is 13.2 Å². The quantitative estimate of drug-likeness (QED) is 0.218. The first kappa shape index (κ1) is 27.3. The first-order chi connectivity index (χ1) is 19.6. The number of alkyl halides is 3. The molecule has 210 valence electrons. The Balaban J connectivity index is 1.31. The lowest BCUT2D eigenvalue weighted by Crippen LogP contribution is -2.34. The van der Waals surface area contributed by atoms with Crippen molar-refractivity contribution in [2.24, 2.45) is 0 Å². The summed E-state index contributed by atoms with van der Waals surface area (Å²) in [5, 5.41) is 6.44. The molecule has 0 bridgehead atoms. The van der Waals surface area contributed by atoms with Crippen LogP contribution in [0.5, 0.6) is 5.75 Å². The minimum absolute atomic E-state index is 0.166. The fourth-order valence-electron chi connectivity index (χ4n) is 5.24. The minimum atomic E-state index is -4.86. The molecule has 0 saturated carbocycles. The SMILES string of the molecule is O=C(NCc1ccnc(Cl)c1)n1c2c(c3ccc(OC(F)(F)F)cc31)CN(Cc1cc3ccc(Cl)cc3cn1)CC2. The summed E-state index contributed by atoms with van der Waals surface area (Å²) in [7, 11) is 0. The molecule has 1 aliphatic heterocycles. The molecular weight excluding hydrogens is 578 g/mol. The molecule has 6 rings (SSSR count). The van der Waals surface area contributed by atoms with Crippen LogP contribution in [0.25, 0.3) is 21.7 Å². The molecule has 7 nitrogen and oxygen atoms in total. The maximum absolute atomic E-state index is 13.5. The topological polar surface area (TPSA) is 72.3 Å². The zero-order valence-corrected chi connectivity index (χ0v) is 22.9. The number of rotatable bonds is 5. The Kier molecular flexibility index (Phi) is 7.23. The molecule has 0 unspecified atom stereocenters. The summed E-state index contributed by atoms with van der Waals surface area (Å²) in [5.41, 5.74) is 3.57. The number of hydrogen-bond donors (Lipinski definition) is 1. The molecule has 3 aromatic heterocycles. The molecule has 5 aromatic rings. The molecule has 0 fully saturated rings. The smallest absolute Gasteiger partial charge is 0.406 e. The summed E-state index contributed by atoms with van der Waals surface area (Å²) in [4.78, 5) is 24.2. The lowest BCUT2D eigenvalue weighted by molar-refractivity contribution is -0.274. The predicted molar refractivity (Wildman–Crippen MR) is 150 cm³/mol. The van der Waals surface area contributed by atoms with Gasteiger partial charge in [-0.3, -0.25) is 14.5 Å². The number of fused-ring (bicyclic) bond motifs is 4. The number of pyridine rings is 2. The lowest BCUT2D eigenvalue weighted by atomic mass is 10.0. The third kappa shape index (κ3) is 5.95. The first-order valence-electron chi connectivity index (χ1n) is 12.7. The molecule has 1 aliphatic rings. The molecular formula is C29H22Cl2F3N5O2. The number of carbonyl (C=O) groups excluding carboxylic acids is 1. The Bertz CT molecular complexity index is 1790. The number of amides is 1. The van der Waals surface area contributed by atoms with Gasteiger partial charge in [0.1, 0.15) is 10.9 Å². The van der Waals surface area contributed by atoms with Gasteiger partial charge in [0, 0.05) is 72.5 Å². The van der Waals surface area contributed by atoms with Crippen LogP contribution in [0.4, 0.5) is 18.0 Å². The fourth-order valence-corrected chi connectivity index (χ4v) is 5.62. The van der Waals surface area contributed by atoms with E-state index in [1.165, 1.54) is 22.9 Å². The van der Waals surface area contributed by atoms with Crippen molar-refractivity contribution >= 4 is 50.9 Å². The maximum atomic E-state index is 13.5. The number of benzene rings is 2. The van der Waals surface area contributed by atoms with Gasteiger partial charge in [-0.1, -0.05) is 29.3 Å². The molecule has 0 saturated heterocycles. The summed E-state index contributed by atoms with van der Waals surface area (Å²) < 4.78 is 44.6. The predicted octanol–water partition coefficient (Wildman–Crippen LogP) is 7.11. The molecule has 0 spiro atoms. The Morgan fingerprint density at radius 3 is 2.68 bits per heavy atom. The molecule has 12 heteroatoms. The van der Waals surface area contributed by atoms with Crippen LogP contribution in [0.15, 0.2) is 67.0 Å². The molecule has 2 aromatic carbocycles. The van der Waals surface area contributed by atoms with Crippen LogP contribution in [-0.4, -0.2) is 38.4 Å². The molecule has 41 heavy (non-hydrogen) atoms. The normalized spacial score (nSPS) is 13.9. The highest BCUT2D eigenvalue weighted by atomic mass is 35.5. The van der Waals surface area contributed by atoms with Crippen molar-refractivity contribution in [3.05, 3.63) is 99.7 Å². The van der Waals surface area contributed by atoms with Gasteiger partial charge in [0.15, 0.2) is 0 Å². The molecule has 0 atom stereocenters. The van der Waals surface area contributed by atoms with E-state index in [2.05, 4.69) is 24.9 Å².